The van der Waals surface area contributed by atoms with Gasteiger partial charge < -0.3 is 5.11 Å². The highest BCUT2D eigenvalue weighted by atomic mass is 35.5. The minimum atomic E-state index is -3.71. The molecule has 0 saturated carbocycles. The van der Waals surface area contributed by atoms with Gasteiger partial charge in [-0.25, -0.2) is 8.42 Å². The van der Waals surface area contributed by atoms with Crippen LogP contribution in [-0.4, -0.2) is 13.5 Å². The van der Waals surface area contributed by atoms with Crippen molar-refractivity contribution in [2.24, 2.45) is 5.84 Å². The van der Waals surface area contributed by atoms with Crippen LogP contribution in [0, 0.1) is 0 Å². The standard InChI is InChI=1S/C6H7ClN2O3S/c7-5-3-4(1-2-6(5)10)13(11,12)9-8/h1-3,9-10H,8H2. The molecule has 7 heteroatoms. The molecule has 1 aromatic carbocycles. The van der Waals surface area contributed by atoms with E-state index in [1.165, 1.54) is 12.1 Å². The fourth-order valence-electron chi connectivity index (χ4n) is 0.723. The normalized spacial score (nSPS) is 11.5. The molecule has 0 spiro atoms. The Kier molecular flexibility index (Phi) is 2.77. The largest absolute Gasteiger partial charge is 0.506 e. The first-order chi connectivity index (χ1) is 5.97. The predicted molar refractivity (Wildman–Crippen MR) is 47.6 cm³/mol. The van der Waals surface area contributed by atoms with Crippen LogP contribution in [-0.2, 0) is 10.0 Å². The fraction of sp³-hybridized carbons (Fsp3) is 0. The number of rotatable bonds is 2. The summed E-state index contributed by atoms with van der Waals surface area (Å²) in [7, 11) is -3.71. The molecule has 0 aliphatic carbocycles. The Morgan fingerprint density at radius 2 is 2.08 bits per heavy atom. The molecule has 0 amide bonds. The van der Waals surface area contributed by atoms with E-state index in [0.29, 0.717) is 0 Å². The van der Waals surface area contributed by atoms with Gasteiger partial charge in [0.05, 0.1) is 9.92 Å². The summed E-state index contributed by atoms with van der Waals surface area (Å²) in [5, 5.41) is 8.96. The zero-order valence-corrected chi connectivity index (χ0v) is 7.93. The summed E-state index contributed by atoms with van der Waals surface area (Å²) in [6.07, 6.45) is 0. The van der Waals surface area contributed by atoms with Gasteiger partial charge in [-0.15, -0.1) is 0 Å². The third-order valence-electron chi connectivity index (χ3n) is 1.38. The summed E-state index contributed by atoms with van der Waals surface area (Å²) in [5.41, 5.74) is 0. The molecule has 0 unspecified atom stereocenters. The van der Waals surface area contributed by atoms with Crippen LogP contribution in [0.25, 0.3) is 0 Å². The van der Waals surface area contributed by atoms with Gasteiger partial charge in [-0.1, -0.05) is 11.6 Å². The summed E-state index contributed by atoms with van der Waals surface area (Å²) < 4.78 is 22.2. The van der Waals surface area contributed by atoms with Crippen LogP contribution < -0.4 is 10.7 Å². The number of nitrogens with two attached hydrogens (primary N) is 1. The van der Waals surface area contributed by atoms with Crippen LogP contribution in [0.15, 0.2) is 23.1 Å². The average Bonchev–Trinajstić information content (AvgIpc) is 2.09. The highest BCUT2D eigenvalue weighted by Crippen LogP contribution is 2.25. The van der Waals surface area contributed by atoms with Gasteiger partial charge in [0.15, 0.2) is 0 Å². The van der Waals surface area contributed by atoms with E-state index in [1.54, 1.807) is 4.83 Å². The second-order valence-electron chi connectivity index (χ2n) is 2.23. The molecule has 0 aliphatic rings. The number of phenols is 1. The molecule has 0 bridgehead atoms. The van der Waals surface area contributed by atoms with Gasteiger partial charge in [0.25, 0.3) is 10.0 Å². The second-order valence-corrected chi connectivity index (χ2v) is 4.36. The lowest BCUT2D eigenvalue weighted by atomic mass is 10.3. The minimum Gasteiger partial charge on any atom is -0.506 e. The summed E-state index contributed by atoms with van der Waals surface area (Å²) >= 11 is 5.49. The third-order valence-corrected chi connectivity index (χ3v) is 2.87. The van der Waals surface area contributed by atoms with Gasteiger partial charge in [-0.2, -0.15) is 4.83 Å². The van der Waals surface area contributed by atoms with E-state index in [2.05, 4.69) is 0 Å². The van der Waals surface area contributed by atoms with Crippen LogP contribution in [0.5, 0.6) is 5.75 Å². The Hall–Kier alpha value is -0.820. The van der Waals surface area contributed by atoms with Crippen LogP contribution >= 0.6 is 11.6 Å². The lowest BCUT2D eigenvalue weighted by Gasteiger charge is -2.02. The average molecular weight is 223 g/mol. The first-order valence-corrected chi connectivity index (χ1v) is 5.04. The van der Waals surface area contributed by atoms with E-state index in [1.807, 2.05) is 0 Å². The maximum atomic E-state index is 11.1. The monoisotopic (exact) mass is 222 g/mol. The van der Waals surface area contributed by atoms with Gasteiger partial charge in [-0.05, 0) is 18.2 Å². The zero-order chi connectivity index (χ0) is 10.1. The van der Waals surface area contributed by atoms with Crippen LogP contribution in [0.2, 0.25) is 5.02 Å². The number of nitrogens with one attached hydrogen (secondary N) is 1. The molecule has 5 nitrogen and oxygen atoms in total. The molecule has 0 aromatic heterocycles. The number of benzene rings is 1. The number of sulfonamides is 1. The Balaban J connectivity index is 3.27. The molecule has 0 radical (unpaired) electrons. The fourth-order valence-corrected chi connectivity index (χ4v) is 1.62. The van der Waals surface area contributed by atoms with Crippen molar-refractivity contribution >= 4 is 21.6 Å². The lowest BCUT2D eigenvalue weighted by molar-refractivity contribution is 0.475. The molecule has 1 rings (SSSR count). The van der Waals surface area contributed by atoms with Crippen molar-refractivity contribution < 1.29 is 13.5 Å². The number of hydrogen-bond donors (Lipinski definition) is 3. The van der Waals surface area contributed by atoms with Crippen LogP contribution in [0.4, 0.5) is 0 Å². The van der Waals surface area contributed by atoms with E-state index in [9.17, 15) is 8.42 Å². The Morgan fingerprint density at radius 1 is 1.46 bits per heavy atom. The Bertz CT molecular complexity index is 418. The molecule has 0 saturated heterocycles. The number of halogens is 1. The van der Waals surface area contributed by atoms with E-state index in [4.69, 9.17) is 22.6 Å². The molecule has 72 valence electrons. The van der Waals surface area contributed by atoms with E-state index >= 15 is 0 Å². The van der Waals surface area contributed by atoms with E-state index < -0.39 is 10.0 Å². The number of hydrogen-bond acceptors (Lipinski definition) is 4. The predicted octanol–water partition coefficient (Wildman–Crippen LogP) is 0.198. The van der Waals surface area contributed by atoms with Gasteiger partial charge in [0.2, 0.25) is 0 Å². The van der Waals surface area contributed by atoms with Gasteiger partial charge >= 0.3 is 0 Å². The molecule has 4 N–H and O–H groups in total. The summed E-state index contributed by atoms with van der Waals surface area (Å²) in [6, 6.07) is 3.47. The molecule has 0 aliphatic heterocycles. The Labute approximate surface area is 80.1 Å². The van der Waals surface area contributed by atoms with Gasteiger partial charge in [0.1, 0.15) is 5.75 Å². The second kappa shape index (κ2) is 3.51. The number of hydrazine groups is 1. The van der Waals surface area contributed by atoms with Gasteiger partial charge in [0, 0.05) is 0 Å². The van der Waals surface area contributed by atoms with Crippen molar-refractivity contribution in [1.82, 2.24) is 4.83 Å². The summed E-state index contributed by atoms with van der Waals surface area (Å²) in [5.74, 6) is 4.60. The third kappa shape index (κ3) is 2.10. The van der Waals surface area contributed by atoms with Gasteiger partial charge in [-0.3, -0.25) is 5.84 Å². The maximum absolute atomic E-state index is 11.1. The molecule has 1 aromatic rings. The SMILES string of the molecule is NNS(=O)(=O)c1ccc(O)c(Cl)c1. The summed E-state index contributed by atoms with van der Waals surface area (Å²) in [4.78, 5) is 1.54. The van der Waals surface area contributed by atoms with Crippen molar-refractivity contribution in [3.05, 3.63) is 23.2 Å². The first-order valence-electron chi connectivity index (χ1n) is 3.18. The van der Waals surface area contributed by atoms with Crippen molar-refractivity contribution in [3.63, 3.8) is 0 Å². The smallest absolute Gasteiger partial charge is 0.253 e. The minimum absolute atomic E-state index is 0.0451. The summed E-state index contributed by atoms with van der Waals surface area (Å²) in [6.45, 7) is 0. The van der Waals surface area contributed by atoms with E-state index in [-0.39, 0.29) is 15.7 Å². The van der Waals surface area contributed by atoms with Crippen LogP contribution in [0.3, 0.4) is 0 Å². The van der Waals surface area contributed by atoms with Crippen molar-refractivity contribution in [1.29, 1.82) is 0 Å². The molecular formula is C6H7ClN2O3S. The number of aromatic hydroxyl groups is 1. The highest BCUT2D eigenvalue weighted by molar-refractivity contribution is 7.89. The zero-order valence-electron chi connectivity index (χ0n) is 6.36. The highest BCUT2D eigenvalue weighted by Gasteiger charge is 2.12. The molecular weight excluding hydrogens is 216 g/mol. The van der Waals surface area contributed by atoms with Crippen LogP contribution in [0.1, 0.15) is 0 Å². The quantitative estimate of drug-likeness (QED) is 0.492. The van der Waals surface area contributed by atoms with Crippen molar-refractivity contribution in [3.8, 4) is 5.75 Å². The maximum Gasteiger partial charge on any atom is 0.253 e. The lowest BCUT2D eigenvalue weighted by Crippen LogP contribution is -2.30. The van der Waals surface area contributed by atoms with Crippen molar-refractivity contribution in [2.45, 2.75) is 4.90 Å². The Morgan fingerprint density at radius 3 is 2.54 bits per heavy atom. The first kappa shape index (κ1) is 10.3. The molecule has 0 fully saturated rings. The molecule has 0 heterocycles. The van der Waals surface area contributed by atoms with E-state index in [0.717, 1.165) is 6.07 Å². The molecule has 13 heavy (non-hydrogen) atoms. The number of phenolic OH excluding ortho intramolecular Hbond substituents is 1. The van der Waals surface area contributed by atoms with Crippen molar-refractivity contribution in [2.75, 3.05) is 0 Å². The molecule has 0 atom stereocenters. The topological polar surface area (TPSA) is 92.4 Å².